The first-order valence-electron chi connectivity index (χ1n) is 7.65. The summed E-state index contributed by atoms with van der Waals surface area (Å²) in [6, 6.07) is 2.68. The molecule has 0 aliphatic rings. The molecule has 1 aromatic carbocycles. The molecule has 118 valence electrons. The summed E-state index contributed by atoms with van der Waals surface area (Å²) in [5, 5.41) is 3.49. The lowest BCUT2D eigenvalue weighted by molar-refractivity contribution is -0.141. The van der Waals surface area contributed by atoms with Gasteiger partial charge in [-0.15, -0.1) is 0 Å². The van der Waals surface area contributed by atoms with Gasteiger partial charge in [-0.3, -0.25) is 4.79 Å². The minimum absolute atomic E-state index is 0.107. The third-order valence-corrected chi connectivity index (χ3v) is 4.18. The van der Waals surface area contributed by atoms with Crippen molar-refractivity contribution in [1.82, 2.24) is 5.32 Å². The molecular formula is C18H29NO2. The van der Waals surface area contributed by atoms with Crippen LogP contribution in [0.3, 0.4) is 0 Å². The predicted molar refractivity (Wildman–Crippen MR) is 87.8 cm³/mol. The SMILES string of the molecule is COC(=O)CC(Cc1c(C)c(C)cc(C)c1C)NC(C)C. The Labute approximate surface area is 129 Å². The average molecular weight is 291 g/mol. The van der Waals surface area contributed by atoms with E-state index in [1.165, 1.54) is 34.9 Å². The molecule has 1 atom stereocenters. The van der Waals surface area contributed by atoms with Crippen LogP contribution in [0.4, 0.5) is 0 Å². The Balaban J connectivity index is 3.05. The average Bonchev–Trinajstić information content (AvgIpc) is 2.40. The zero-order chi connectivity index (χ0) is 16.2. The highest BCUT2D eigenvalue weighted by Crippen LogP contribution is 2.23. The molecule has 0 aromatic heterocycles. The number of ether oxygens (including phenoxy) is 1. The molecule has 1 rings (SSSR count). The first kappa shape index (κ1) is 17.7. The molecule has 3 heteroatoms. The van der Waals surface area contributed by atoms with Gasteiger partial charge in [-0.25, -0.2) is 0 Å². The molecule has 0 fully saturated rings. The van der Waals surface area contributed by atoms with Gasteiger partial charge in [-0.1, -0.05) is 19.9 Å². The van der Waals surface area contributed by atoms with Crippen molar-refractivity contribution in [3.05, 3.63) is 33.9 Å². The van der Waals surface area contributed by atoms with E-state index in [1.807, 2.05) is 0 Å². The second-order valence-electron chi connectivity index (χ2n) is 6.24. The fraction of sp³-hybridized carbons (Fsp3) is 0.611. The summed E-state index contributed by atoms with van der Waals surface area (Å²) < 4.78 is 4.83. The maximum Gasteiger partial charge on any atom is 0.307 e. The van der Waals surface area contributed by atoms with Gasteiger partial charge in [0.15, 0.2) is 0 Å². The number of rotatable bonds is 6. The quantitative estimate of drug-likeness (QED) is 0.816. The van der Waals surface area contributed by atoms with Gasteiger partial charge in [-0.2, -0.15) is 0 Å². The molecule has 1 aromatic rings. The molecule has 0 saturated carbocycles. The molecular weight excluding hydrogens is 262 g/mol. The molecule has 0 heterocycles. The van der Waals surface area contributed by atoms with Crippen LogP contribution in [0.2, 0.25) is 0 Å². The Kier molecular flexibility index (Phi) is 6.41. The predicted octanol–water partition coefficient (Wildman–Crippen LogP) is 3.39. The van der Waals surface area contributed by atoms with Gasteiger partial charge in [0.1, 0.15) is 0 Å². The van der Waals surface area contributed by atoms with Crippen LogP contribution in [-0.4, -0.2) is 25.2 Å². The Morgan fingerprint density at radius 1 is 1.14 bits per heavy atom. The van der Waals surface area contributed by atoms with E-state index in [0.717, 1.165) is 6.42 Å². The number of benzene rings is 1. The highest BCUT2D eigenvalue weighted by Gasteiger charge is 2.19. The van der Waals surface area contributed by atoms with Crippen LogP contribution in [0, 0.1) is 27.7 Å². The molecule has 0 aliphatic carbocycles. The number of nitrogens with one attached hydrogen (secondary N) is 1. The van der Waals surface area contributed by atoms with Crippen molar-refractivity contribution in [2.75, 3.05) is 7.11 Å². The van der Waals surface area contributed by atoms with E-state index in [-0.39, 0.29) is 12.0 Å². The fourth-order valence-electron chi connectivity index (χ4n) is 2.80. The van der Waals surface area contributed by atoms with Crippen LogP contribution in [0.1, 0.15) is 48.1 Å². The standard InChI is InChI=1S/C18H29NO2/c1-11(2)19-16(10-18(20)21-7)9-17-14(5)12(3)8-13(4)15(17)6/h8,11,16,19H,9-10H2,1-7H3. The minimum atomic E-state index is -0.159. The van der Waals surface area contributed by atoms with E-state index in [1.54, 1.807) is 0 Å². The maximum atomic E-state index is 11.6. The van der Waals surface area contributed by atoms with Gasteiger partial charge in [0.2, 0.25) is 0 Å². The topological polar surface area (TPSA) is 38.3 Å². The van der Waals surface area contributed by atoms with Crippen LogP contribution in [0.5, 0.6) is 0 Å². The molecule has 3 nitrogen and oxygen atoms in total. The van der Waals surface area contributed by atoms with Gasteiger partial charge in [0.05, 0.1) is 13.5 Å². The highest BCUT2D eigenvalue weighted by molar-refractivity contribution is 5.70. The summed E-state index contributed by atoms with van der Waals surface area (Å²) in [5.74, 6) is -0.159. The van der Waals surface area contributed by atoms with Crippen molar-refractivity contribution in [3.63, 3.8) is 0 Å². The fourth-order valence-corrected chi connectivity index (χ4v) is 2.80. The Hall–Kier alpha value is -1.35. The summed E-state index contributed by atoms with van der Waals surface area (Å²) in [4.78, 5) is 11.6. The van der Waals surface area contributed by atoms with Crippen molar-refractivity contribution in [1.29, 1.82) is 0 Å². The Bertz CT molecular complexity index is 480. The van der Waals surface area contributed by atoms with Crippen molar-refractivity contribution < 1.29 is 9.53 Å². The first-order chi connectivity index (χ1) is 9.76. The lowest BCUT2D eigenvalue weighted by Gasteiger charge is -2.24. The molecule has 1 unspecified atom stereocenters. The van der Waals surface area contributed by atoms with Crippen molar-refractivity contribution >= 4 is 5.97 Å². The zero-order valence-corrected chi connectivity index (χ0v) is 14.5. The van der Waals surface area contributed by atoms with Crippen LogP contribution < -0.4 is 5.32 Å². The molecule has 0 aliphatic heterocycles. The summed E-state index contributed by atoms with van der Waals surface area (Å²) in [5.41, 5.74) is 6.65. The molecule has 0 radical (unpaired) electrons. The van der Waals surface area contributed by atoms with Gasteiger partial charge < -0.3 is 10.1 Å². The summed E-state index contributed by atoms with van der Waals surface area (Å²) in [7, 11) is 1.45. The third kappa shape index (κ3) is 4.85. The van der Waals surface area contributed by atoms with E-state index < -0.39 is 0 Å². The summed E-state index contributed by atoms with van der Waals surface area (Å²) in [6.07, 6.45) is 1.26. The highest BCUT2D eigenvalue weighted by atomic mass is 16.5. The number of carbonyl (C=O) groups excluding carboxylic acids is 1. The molecule has 0 saturated heterocycles. The molecule has 21 heavy (non-hydrogen) atoms. The number of carbonyl (C=O) groups is 1. The van der Waals surface area contributed by atoms with Gasteiger partial charge in [0, 0.05) is 12.1 Å². The molecule has 0 amide bonds. The van der Waals surface area contributed by atoms with Gasteiger partial charge in [-0.05, 0) is 61.9 Å². The minimum Gasteiger partial charge on any atom is -0.469 e. The Morgan fingerprint density at radius 2 is 1.67 bits per heavy atom. The van der Waals surface area contributed by atoms with Crippen molar-refractivity contribution in [2.45, 2.75) is 66.5 Å². The Morgan fingerprint density at radius 3 is 2.10 bits per heavy atom. The second kappa shape index (κ2) is 7.60. The first-order valence-corrected chi connectivity index (χ1v) is 7.65. The largest absolute Gasteiger partial charge is 0.469 e. The van der Waals surface area contributed by atoms with E-state index >= 15 is 0 Å². The van der Waals surface area contributed by atoms with E-state index in [0.29, 0.717) is 12.5 Å². The smallest absolute Gasteiger partial charge is 0.307 e. The van der Waals surface area contributed by atoms with Crippen LogP contribution in [-0.2, 0) is 16.0 Å². The van der Waals surface area contributed by atoms with Gasteiger partial charge in [0.25, 0.3) is 0 Å². The third-order valence-electron chi connectivity index (χ3n) is 4.18. The second-order valence-corrected chi connectivity index (χ2v) is 6.24. The summed E-state index contributed by atoms with van der Waals surface area (Å²) in [6.45, 7) is 12.8. The molecule has 1 N–H and O–H groups in total. The normalized spacial score (nSPS) is 12.6. The number of methoxy groups -OCH3 is 1. The van der Waals surface area contributed by atoms with E-state index in [2.05, 4.69) is 52.9 Å². The van der Waals surface area contributed by atoms with Crippen LogP contribution in [0.25, 0.3) is 0 Å². The van der Waals surface area contributed by atoms with Crippen LogP contribution >= 0.6 is 0 Å². The van der Waals surface area contributed by atoms with Crippen LogP contribution in [0.15, 0.2) is 6.07 Å². The summed E-state index contributed by atoms with van der Waals surface area (Å²) >= 11 is 0. The van der Waals surface area contributed by atoms with Crippen molar-refractivity contribution in [3.8, 4) is 0 Å². The molecule has 0 bridgehead atoms. The maximum absolute atomic E-state index is 11.6. The van der Waals surface area contributed by atoms with E-state index in [9.17, 15) is 4.79 Å². The monoisotopic (exact) mass is 291 g/mol. The van der Waals surface area contributed by atoms with E-state index in [4.69, 9.17) is 4.74 Å². The zero-order valence-electron chi connectivity index (χ0n) is 14.5. The van der Waals surface area contributed by atoms with Crippen molar-refractivity contribution in [2.24, 2.45) is 0 Å². The van der Waals surface area contributed by atoms with Gasteiger partial charge >= 0.3 is 5.97 Å². The number of hydrogen-bond acceptors (Lipinski definition) is 3. The number of hydrogen-bond donors (Lipinski definition) is 1. The number of esters is 1. The molecule has 0 spiro atoms. The lowest BCUT2D eigenvalue weighted by atomic mass is 9.89. The number of aryl methyl sites for hydroxylation is 2. The lowest BCUT2D eigenvalue weighted by Crippen LogP contribution is -2.38.